The lowest BCUT2D eigenvalue weighted by Gasteiger charge is -2.30. The molecule has 3 heterocycles. The fourth-order valence-electron chi connectivity index (χ4n) is 7.73. The Morgan fingerprint density at radius 1 is 0.968 bits per heavy atom. The molecule has 22 heteroatoms. The molecule has 0 radical (unpaired) electrons. The van der Waals surface area contributed by atoms with Crippen molar-refractivity contribution in [1.82, 2.24) is 35.7 Å². The van der Waals surface area contributed by atoms with E-state index in [0.29, 0.717) is 37.9 Å². The van der Waals surface area contributed by atoms with E-state index in [-0.39, 0.29) is 67.5 Å². The smallest absolute Gasteiger partial charge is 0.305 e. The molecule has 344 valence electrons. The molecule has 4 rings (SSSR count). The molecule has 2 aliphatic rings. The maximum absolute atomic E-state index is 14.1. The zero-order valence-corrected chi connectivity index (χ0v) is 36.1. The lowest BCUT2D eigenvalue weighted by molar-refractivity contribution is -0.141. The van der Waals surface area contributed by atoms with Gasteiger partial charge in [-0.1, -0.05) is 26.3 Å². The molecule has 1 unspecified atom stereocenters. The first-order valence-electron chi connectivity index (χ1n) is 21.0. The number of carboxylic acids is 1. The number of carbonyl (C=O) groups excluding carboxylic acids is 7. The van der Waals surface area contributed by atoms with Gasteiger partial charge in [-0.3, -0.25) is 43.3 Å². The second-order valence-corrected chi connectivity index (χ2v) is 15.8. The maximum atomic E-state index is 14.1. The normalized spacial score (nSPS) is 18.2. The number of para-hydroxylation sites is 1. The highest BCUT2D eigenvalue weighted by Crippen LogP contribution is 2.31. The molecular formula is C41H60N12O10. The first-order valence-corrected chi connectivity index (χ1v) is 21.0. The summed E-state index contributed by atoms with van der Waals surface area (Å²) in [7, 11) is 1.30. The van der Waals surface area contributed by atoms with Crippen LogP contribution in [0.25, 0.3) is 0 Å². The molecule has 0 saturated carbocycles. The van der Waals surface area contributed by atoms with Crippen molar-refractivity contribution in [1.29, 1.82) is 0 Å². The number of nitrogens with two attached hydrogens (primary N) is 3. The Hall–Kier alpha value is -6.58. The lowest BCUT2D eigenvalue weighted by Crippen LogP contribution is -2.57. The number of guanidine groups is 1. The van der Waals surface area contributed by atoms with Gasteiger partial charge in [0.1, 0.15) is 24.2 Å². The summed E-state index contributed by atoms with van der Waals surface area (Å²) >= 11 is 0. The monoisotopic (exact) mass is 880 g/mol. The molecular weight excluding hydrogens is 821 g/mol. The molecule has 1 aromatic carbocycles. The zero-order valence-electron chi connectivity index (χ0n) is 36.1. The number of nitrogens with zero attached hydrogens (tertiary/aromatic N) is 4. The second-order valence-electron chi connectivity index (χ2n) is 15.8. The van der Waals surface area contributed by atoms with Crippen molar-refractivity contribution >= 4 is 58.8 Å². The van der Waals surface area contributed by atoms with Crippen molar-refractivity contribution in [3.8, 4) is 5.75 Å². The highest BCUT2D eigenvalue weighted by atomic mass is 16.5. The van der Waals surface area contributed by atoms with Gasteiger partial charge >= 0.3 is 5.97 Å². The summed E-state index contributed by atoms with van der Waals surface area (Å²) in [5.74, 6) is -5.91. The zero-order chi connectivity index (χ0) is 46.4. The predicted octanol–water partition coefficient (Wildman–Crippen LogP) is -0.860. The number of aliphatic imine (C=N–C) groups is 1. The SMILES string of the molecule is CCC(C)[C@H](NC(=O)c1cccc(NC(=O)[C@@H]2CCCN2C(=O)[C@H](CCCN=C(N)N)NC(=O)[C@@H](N)CC(=O)O)c1OC)C(=O)N[C@@H](Cc1cnc[nH]1)C(=O)N1CCC[C@H]1C(C)=O. The lowest BCUT2D eigenvalue weighted by atomic mass is 9.96. The minimum Gasteiger partial charge on any atom is -0.494 e. The van der Waals surface area contributed by atoms with Crippen LogP contribution in [0, 0.1) is 5.92 Å². The van der Waals surface area contributed by atoms with Crippen LogP contribution < -0.4 is 43.2 Å². The Morgan fingerprint density at radius 3 is 2.22 bits per heavy atom. The third kappa shape index (κ3) is 13.2. The van der Waals surface area contributed by atoms with Crippen LogP contribution in [-0.2, 0) is 40.0 Å². The number of hydrogen-bond acceptors (Lipinski definition) is 12. The number of carbonyl (C=O) groups is 8. The number of ketones is 1. The van der Waals surface area contributed by atoms with Gasteiger partial charge in [0.05, 0.1) is 43.2 Å². The summed E-state index contributed by atoms with van der Waals surface area (Å²) in [5, 5.41) is 20.0. The summed E-state index contributed by atoms with van der Waals surface area (Å²) in [4.78, 5) is 120. The molecule has 22 nitrogen and oxygen atoms in total. The van der Waals surface area contributed by atoms with Crippen LogP contribution in [0.2, 0.25) is 0 Å². The van der Waals surface area contributed by atoms with Gasteiger partial charge in [-0.05, 0) is 63.5 Å². The number of imidazole rings is 1. The van der Waals surface area contributed by atoms with E-state index >= 15 is 0 Å². The number of aromatic amines is 1. The van der Waals surface area contributed by atoms with E-state index in [0.717, 1.165) is 0 Å². The van der Waals surface area contributed by atoms with Gasteiger partial charge in [-0.2, -0.15) is 0 Å². The number of aliphatic carboxylic acids is 1. The largest absolute Gasteiger partial charge is 0.494 e. The van der Waals surface area contributed by atoms with E-state index in [1.807, 2.05) is 6.92 Å². The van der Waals surface area contributed by atoms with E-state index in [1.165, 1.54) is 54.6 Å². The first kappa shape index (κ1) is 49.1. The number of Topliss-reactive ketones (excluding diaryl/α,β-unsaturated/α-hetero) is 1. The highest BCUT2D eigenvalue weighted by Gasteiger charge is 2.40. The van der Waals surface area contributed by atoms with Crippen molar-refractivity contribution < 1.29 is 48.2 Å². The van der Waals surface area contributed by atoms with E-state index in [2.05, 4.69) is 36.2 Å². The van der Waals surface area contributed by atoms with E-state index in [1.54, 1.807) is 6.92 Å². The molecule has 1 aromatic heterocycles. The number of aromatic nitrogens is 2. The third-order valence-electron chi connectivity index (χ3n) is 11.2. The molecule has 2 aromatic rings. The number of nitrogens with one attached hydrogen (secondary N) is 5. The predicted molar refractivity (Wildman–Crippen MR) is 229 cm³/mol. The Bertz CT molecular complexity index is 2010. The van der Waals surface area contributed by atoms with Crippen LogP contribution in [0.15, 0.2) is 35.7 Å². The molecule has 2 fully saturated rings. The molecule has 0 aliphatic carbocycles. The molecule has 0 bridgehead atoms. The molecule has 2 saturated heterocycles. The van der Waals surface area contributed by atoms with E-state index in [9.17, 15) is 38.4 Å². The van der Waals surface area contributed by atoms with Crippen molar-refractivity contribution in [2.45, 2.75) is 115 Å². The number of rotatable bonds is 22. The Kier molecular flexibility index (Phi) is 17.9. The van der Waals surface area contributed by atoms with E-state index < -0.39 is 90.0 Å². The van der Waals surface area contributed by atoms with Crippen molar-refractivity contribution in [2.24, 2.45) is 28.1 Å². The van der Waals surface area contributed by atoms with Crippen LogP contribution in [0.5, 0.6) is 5.75 Å². The summed E-state index contributed by atoms with van der Waals surface area (Å²) < 4.78 is 5.64. The topological polar surface area (TPSA) is 340 Å². The van der Waals surface area contributed by atoms with Crippen LogP contribution in [0.3, 0.4) is 0 Å². The van der Waals surface area contributed by atoms with Gasteiger partial charge in [-0.25, -0.2) is 4.98 Å². The highest BCUT2D eigenvalue weighted by molar-refractivity contribution is 6.05. The molecule has 12 N–H and O–H groups in total. The third-order valence-corrected chi connectivity index (χ3v) is 11.2. The van der Waals surface area contributed by atoms with Gasteiger partial charge in [0, 0.05) is 37.9 Å². The quantitative estimate of drug-likeness (QED) is 0.0395. The second kappa shape index (κ2) is 23.0. The summed E-state index contributed by atoms with van der Waals surface area (Å²) in [5.41, 5.74) is 17.2. The fourth-order valence-corrected chi connectivity index (χ4v) is 7.73. The Morgan fingerprint density at radius 2 is 1.62 bits per heavy atom. The molecule has 7 atom stereocenters. The number of anilines is 1. The van der Waals surface area contributed by atoms with E-state index in [4.69, 9.17) is 27.0 Å². The summed E-state index contributed by atoms with van der Waals surface area (Å²) in [6.45, 7) is 5.71. The minimum absolute atomic E-state index is 0.0246. The number of methoxy groups -OCH3 is 1. The van der Waals surface area contributed by atoms with Gasteiger partial charge in [0.25, 0.3) is 5.91 Å². The standard InChI is InChI=1S/C41H60N12O10/c1-5-22(2)33(38(60)50-29(18-24-20-45-21-47-24)40(62)52-16-8-13-30(52)23(3)54)51-35(57)25-10-6-11-27(34(25)63-4)48-37(59)31-14-9-17-53(31)39(61)28(12-7-15-46-41(43)44)49-36(58)26(42)19-32(55)56/h6,10-11,20-22,26,28-31,33H,5,7-9,12-19,42H2,1-4H3,(H,45,47)(H,48,59)(H,49,58)(H,50,60)(H,51,57)(H,55,56)(H4,43,44,46)/t22?,26-,28-,29-,30-,31-,33-/m0/s1. The Balaban J connectivity index is 1.53. The maximum Gasteiger partial charge on any atom is 0.305 e. The van der Waals surface area contributed by atoms with Gasteiger partial charge < -0.3 is 63.1 Å². The van der Waals surface area contributed by atoms with Gasteiger partial charge in [-0.15, -0.1) is 0 Å². The van der Waals surface area contributed by atoms with Crippen LogP contribution in [0.4, 0.5) is 5.69 Å². The van der Waals surface area contributed by atoms with Crippen molar-refractivity contribution in [3.63, 3.8) is 0 Å². The van der Waals surface area contributed by atoms with Crippen molar-refractivity contribution in [2.75, 3.05) is 32.1 Å². The number of hydrogen-bond donors (Lipinski definition) is 9. The fraction of sp³-hybridized carbons (Fsp3) is 0.561. The molecule has 6 amide bonds. The average molecular weight is 881 g/mol. The molecule has 63 heavy (non-hydrogen) atoms. The number of amides is 6. The minimum atomic E-state index is -1.44. The van der Waals surface area contributed by atoms with Gasteiger partial charge in [0.15, 0.2) is 17.5 Å². The van der Waals surface area contributed by atoms with Crippen molar-refractivity contribution in [3.05, 3.63) is 42.0 Å². The van der Waals surface area contributed by atoms with Crippen LogP contribution >= 0.6 is 0 Å². The number of benzene rings is 1. The number of ether oxygens (including phenoxy) is 1. The average Bonchev–Trinajstić information content (AvgIpc) is 4.05. The first-order chi connectivity index (χ1) is 30.0. The summed E-state index contributed by atoms with van der Waals surface area (Å²) in [6, 6.07) is -1.98. The number of H-pyrrole nitrogens is 1. The van der Waals surface area contributed by atoms with Crippen LogP contribution in [0.1, 0.15) is 88.2 Å². The summed E-state index contributed by atoms with van der Waals surface area (Å²) in [6.07, 6.45) is 5.00. The van der Waals surface area contributed by atoms with Crippen LogP contribution in [-0.4, -0.2) is 141 Å². The number of carboxylic acid groups (broad SMARTS) is 1. The molecule has 0 spiro atoms. The molecule has 2 aliphatic heterocycles. The number of likely N-dealkylation sites (tertiary alicyclic amines) is 2. The van der Waals surface area contributed by atoms with Gasteiger partial charge in [0.2, 0.25) is 29.5 Å². The Labute approximate surface area is 364 Å².